The van der Waals surface area contributed by atoms with Gasteiger partial charge in [-0.1, -0.05) is 11.6 Å². The van der Waals surface area contributed by atoms with Gasteiger partial charge in [0.15, 0.2) is 0 Å². The van der Waals surface area contributed by atoms with E-state index in [0.29, 0.717) is 25.3 Å². The summed E-state index contributed by atoms with van der Waals surface area (Å²) in [5.41, 5.74) is 7.46. The van der Waals surface area contributed by atoms with Gasteiger partial charge in [-0.05, 0) is 74.7 Å². The third-order valence-corrected chi connectivity index (χ3v) is 5.89. The van der Waals surface area contributed by atoms with Crippen LogP contribution in [0.4, 0.5) is 11.4 Å². The van der Waals surface area contributed by atoms with Gasteiger partial charge < -0.3 is 5.73 Å². The Balaban J connectivity index is 2.44. The Hall–Kier alpha value is -0.760. The van der Waals surface area contributed by atoms with Crippen molar-refractivity contribution in [3.05, 3.63) is 49.9 Å². The molecule has 0 amide bonds. The third-order valence-electron chi connectivity index (χ3n) is 2.70. The van der Waals surface area contributed by atoms with Crippen molar-refractivity contribution < 1.29 is 8.42 Å². The summed E-state index contributed by atoms with van der Waals surface area (Å²) in [6.07, 6.45) is 0. The number of halogens is 3. The molecule has 21 heavy (non-hydrogen) atoms. The van der Waals surface area contributed by atoms with Crippen LogP contribution >= 0.6 is 43.5 Å². The maximum Gasteiger partial charge on any atom is 0.262 e. The lowest BCUT2D eigenvalue weighted by Gasteiger charge is -2.13. The summed E-state index contributed by atoms with van der Waals surface area (Å²) in [5.74, 6) is 0. The molecule has 0 saturated carbocycles. The molecule has 112 valence electrons. The van der Waals surface area contributed by atoms with Crippen LogP contribution in [0.15, 0.2) is 44.2 Å². The predicted octanol–water partition coefficient (Wildman–Crippen LogP) is 4.56. The maximum atomic E-state index is 12.4. The molecule has 0 aromatic heterocycles. The Morgan fingerprint density at radius 1 is 1.14 bits per heavy atom. The van der Waals surface area contributed by atoms with Crippen molar-refractivity contribution in [2.24, 2.45) is 0 Å². The van der Waals surface area contributed by atoms with Crippen LogP contribution in [0.2, 0.25) is 5.02 Å². The van der Waals surface area contributed by atoms with Crippen molar-refractivity contribution in [2.75, 3.05) is 10.5 Å². The van der Waals surface area contributed by atoms with E-state index >= 15 is 0 Å². The molecule has 0 bridgehead atoms. The van der Waals surface area contributed by atoms with Gasteiger partial charge in [-0.25, -0.2) is 8.42 Å². The number of benzene rings is 2. The van der Waals surface area contributed by atoms with Gasteiger partial charge in [0.05, 0.1) is 21.3 Å². The zero-order valence-electron chi connectivity index (χ0n) is 10.8. The Kier molecular flexibility index (Phi) is 4.87. The van der Waals surface area contributed by atoms with E-state index in [-0.39, 0.29) is 4.90 Å². The summed E-state index contributed by atoms with van der Waals surface area (Å²) in [6.45, 7) is 1.87. The Bertz CT molecular complexity index is 787. The van der Waals surface area contributed by atoms with Gasteiger partial charge in [-0.2, -0.15) is 0 Å². The summed E-state index contributed by atoms with van der Waals surface area (Å²) >= 11 is 12.4. The van der Waals surface area contributed by atoms with E-state index in [1.165, 1.54) is 18.2 Å². The van der Waals surface area contributed by atoms with Crippen molar-refractivity contribution in [1.82, 2.24) is 0 Å². The van der Waals surface area contributed by atoms with Gasteiger partial charge in [0.2, 0.25) is 0 Å². The van der Waals surface area contributed by atoms with Crippen molar-refractivity contribution in [1.29, 1.82) is 0 Å². The first kappa shape index (κ1) is 16.6. The molecule has 4 nitrogen and oxygen atoms in total. The lowest BCUT2D eigenvalue weighted by Crippen LogP contribution is -2.14. The Morgan fingerprint density at radius 2 is 1.81 bits per heavy atom. The van der Waals surface area contributed by atoms with Gasteiger partial charge in [-0.3, -0.25) is 4.72 Å². The van der Waals surface area contributed by atoms with Gasteiger partial charge in [0, 0.05) is 8.95 Å². The molecule has 0 aliphatic carbocycles. The molecule has 0 fully saturated rings. The van der Waals surface area contributed by atoms with E-state index in [1.807, 2.05) is 6.92 Å². The maximum absolute atomic E-state index is 12.4. The van der Waals surface area contributed by atoms with E-state index in [9.17, 15) is 8.42 Å². The normalized spacial score (nSPS) is 11.4. The number of nitrogen functional groups attached to an aromatic ring is 1. The van der Waals surface area contributed by atoms with Gasteiger partial charge in [0.25, 0.3) is 10.0 Å². The molecular weight excluding hydrogens is 443 g/mol. The highest BCUT2D eigenvalue weighted by molar-refractivity contribution is 9.11. The second kappa shape index (κ2) is 6.16. The molecule has 2 aromatic carbocycles. The van der Waals surface area contributed by atoms with E-state index in [0.717, 1.165) is 5.56 Å². The van der Waals surface area contributed by atoms with Crippen LogP contribution in [0.3, 0.4) is 0 Å². The van der Waals surface area contributed by atoms with Crippen LogP contribution in [-0.2, 0) is 10.0 Å². The molecule has 0 aliphatic rings. The average Bonchev–Trinajstić information content (AvgIpc) is 2.37. The highest BCUT2D eigenvalue weighted by Gasteiger charge is 2.18. The van der Waals surface area contributed by atoms with Crippen LogP contribution in [-0.4, -0.2) is 8.42 Å². The largest absolute Gasteiger partial charge is 0.397 e. The number of aryl methyl sites for hydroxylation is 1. The second-order valence-corrected chi connectivity index (χ2v) is 8.19. The van der Waals surface area contributed by atoms with E-state index in [4.69, 9.17) is 17.3 Å². The molecule has 0 heterocycles. The van der Waals surface area contributed by atoms with Crippen molar-refractivity contribution >= 4 is 64.9 Å². The second-order valence-electron chi connectivity index (χ2n) is 4.39. The predicted molar refractivity (Wildman–Crippen MR) is 93.3 cm³/mol. The van der Waals surface area contributed by atoms with Crippen molar-refractivity contribution in [3.63, 3.8) is 0 Å². The Morgan fingerprint density at radius 3 is 2.38 bits per heavy atom. The quantitative estimate of drug-likeness (QED) is 0.668. The fourth-order valence-corrected chi connectivity index (χ4v) is 4.32. The van der Waals surface area contributed by atoms with Gasteiger partial charge >= 0.3 is 0 Å². The van der Waals surface area contributed by atoms with Gasteiger partial charge in [-0.15, -0.1) is 0 Å². The number of nitrogens with two attached hydrogens (primary N) is 1. The van der Waals surface area contributed by atoms with Crippen LogP contribution < -0.4 is 10.5 Å². The van der Waals surface area contributed by atoms with Gasteiger partial charge in [0.1, 0.15) is 0 Å². The molecule has 3 N–H and O–H groups in total. The van der Waals surface area contributed by atoms with Crippen LogP contribution in [0.1, 0.15) is 5.56 Å². The van der Waals surface area contributed by atoms with Crippen LogP contribution in [0.5, 0.6) is 0 Å². The fourth-order valence-electron chi connectivity index (χ4n) is 1.71. The van der Waals surface area contributed by atoms with Crippen LogP contribution in [0.25, 0.3) is 0 Å². The lowest BCUT2D eigenvalue weighted by molar-refractivity contribution is 0.601. The van der Waals surface area contributed by atoms with Crippen molar-refractivity contribution in [2.45, 2.75) is 11.8 Å². The summed E-state index contributed by atoms with van der Waals surface area (Å²) in [6, 6.07) is 7.84. The highest BCUT2D eigenvalue weighted by atomic mass is 79.9. The van der Waals surface area contributed by atoms with E-state index in [2.05, 4.69) is 36.6 Å². The molecule has 0 unspecified atom stereocenters. The molecule has 0 atom stereocenters. The fraction of sp³-hybridized carbons (Fsp3) is 0.0769. The first-order valence-corrected chi connectivity index (χ1v) is 9.19. The first-order valence-electron chi connectivity index (χ1n) is 5.74. The Labute approximate surface area is 145 Å². The molecule has 8 heteroatoms. The van der Waals surface area contributed by atoms with E-state index < -0.39 is 10.0 Å². The topological polar surface area (TPSA) is 72.2 Å². The monoisotopic (exact) mass is 452 g/mol. The number of hydrogen-bond donors (Lipinski definition) is 2. The van der Waals surface area contributed by atoms with Crippen LogP contribution in [0, 0.1) is 6.92 Å². The van der Waals surface area contributed by atoms with E-state index in [1.54, 1.807) is 12.1 Å². The number of sulfonamides is 1. The third kappa shape index (κ3) is 3.71. The standard InChI is InChI=1S/C13H11Br2ClN2O2S/c1-7-4-10(15)13(12(17)5-7)18-21(19,20)8-2-3-11(16)9(14)6-8/h2-6,18H,17H2,1H3. The minimum absolute atomic E-state index is 0.0886. The SMILES string of the molecule is Cc1cc(N)c(NS(=O)(=O)c2ccc(Cl)c(Br)c2)c(Br)c1. The lowest BCUT2D eigenvalue weighted by atomic mass is 10.2. The number of rotatable bonds is 3. The summed E-state index contributed by atoms with van der Waals surface area (Å²) in [4.78, 5) is 0.0886. The molecule has 0 aliphatic heterocycles. The molecule has 2 rings (SSSR count). The molecular formula is C13H11Br2ClN2O2S. The molecule has 2 aromatic rings. The zero-order valence-corrected chi connectivity index (χ0v) is 15.6. The smallest absolute Gasteiger partial charge is 0.262 e. The molecule has 0 spiro atoms. The van der Waals surface area contributed by atoms with Crippen molar-refractivity contribution in [3.8, 4) is 0 Å². The summed E-state index contributed by atoms with van der Waals surface area (Å²) in [7, 11) is -3.76. The summed E-state index contributed by atoms with van der Waals surface area (Å²) < 4.78 is 28.4. The zero-order chi connectivity index (χ0) is 15.8. The summed E-state index contributed by atoms with van der Waals surface area (Å²) in [5, 5.41) is 0.435. The molecule has 0 saturated heterocycles. The average molecular weight is 455 g/mol. The highest BCUT2D eigenvalue weighted by Crippen LogP contribution is 2.33. The number of hydrogen-bond acceptors (Lipinski definition) is 3. The molecule has 0 radical (unpaired) electrons. The minimum Gasteiger partial charge on any atom is -0.397 e. The number of anilines is 2. The first-order chi connectivity index (χ1) is 9.70. The minimum atomic E-state index is -3.76. The number of nitrogens with one attached hydrogen (secondary N) is 1.